The van der Waals surface area contributed by atoms with Gasteiger partial charge in [0.05, 0.1) is 18.8 Å². The topological polar surface area (TPSA) is 66.8 Å². The number of hydrogen-bond acceptors (Lipinski definition) is 4. The second kappa shape index (κ2) is 13.8. The minimum atomic E-state index is -0.336. The van der Waals surface area contributed by atoms with Crippen molar-refractivity contribution >= 4 is 5.97 Å². The number of allylic oxidation sites excluding steroid dienone is 5. The molecule has 1 fully saturated rings. The van der Waals surface area contributed by atoms with Crippen LogP contribution in [0, 0.1) is 11.8 Å². The van der Waals surface area contributed by atoms with E-state index >= 15 is 0 Å². The normalized spacial score (nSPS) is 24.8. The first-order chi connectivity index (χ1) is 12.6. The van der Waals surface area contributed by atoms with Crippen LogP contribution in [-0.2, 0) is 9.53 Å². The summed E-state index contributed by atoms with van der Waals surface area (Å²) in [4.78, 5) is 11.2. The van der Waals surface area contributed by atoms with E-state index in [1.807, 2.05) is 12.2 Å². The lowest BCUT2D eigenvalue weighted by Crippen LogP contribution is -2.20. The summed E-state index contributed by atoms with van der Waals surface area (Å²) in [6, 6.07) is 0. The molecule has 0 spiro atoms. The van der Waals surface area contributed by atoms with Crippen LogP contribution in [0.3, 0.4) is 0 Å². The molecule has 0 radical (unpaired) electrons. The van der Waals surface area contributed by atoms with Gasteiger partial charge in [-0.3, -0.25) is 0 Å². The second-order valence-electron chi connectivity index (χ2n) is 7.08. The highest BCUT2D eigenvalue weighted by molar-refractivity contribution is 5.82. The maximum absolute atomic E-state index is 11.2. The van der Waals surface area contributed by atoms with Gasteiger partial charge in [0.25, 0.3) is 0 Å². The Bertz CT molecular complexity index is 467. The summed E-state index contributed by atoms with van der Waals surface area (Å²) in [5.41, 5.74) is 0. The van der Waals surface area contributed by atoms with Crippen LogP contribution >= 0.6 is 0 Å². The zero-order valence-corrected chi connectivity index (χ0v) is 16.3. The lowest BCUT2D eigenvalue weighted by atomic mass is 9.88. The first-order valence-corrected chi connectivity index (χ1v) is 10.1. The molecule has 148 valence electrons. The summed E-state index contributed by atoms with van der Waals surface area (Å²) >= 11 is 0. The van der Waals surface area contributed by atoms with E-state index in [0.29, 0.717) is 12.5 Å². The average molecular weight is 365 g/mol. The van der Waals surface area contributed by atoms with Crippen LogP contribution in [0.25, 0.3) is 0 Å². The van der Waals surface area contributed by atoms with Crippen molar-refractivity contribution in [2.24, 2.45) is 11.8 Å². The highest BCUT2D eigenvalue weighted by atomic mass is 16.5. The molecule has 0 aromatic carbocycles. The van der Waals surface area contributed by atoms with Gasteiger partial charge in [-0.25, -0.2) is 4.79 Å². The van der Waals surface area contributed by atoms with Crippen molar-refractivity contribution in [2.45, 2.75) is 77.4 Å². The summed E-state index contributed by atoms with van der Waals surface area (Å²) in [6.45, 7) is 4.33. The quantitative estimate of drug-likeness (QED) is 0.234. The number of carbonyl (C=O) groups excluding carboxylic acids is 1. The molecule has 4 atom stereocenters. The van der Waals surface area contributed by atoms with E-state index in [1.54, 1.807) is 19.1 Å². The van der Waals surface area contributed by atoms with Crippen LogP contribution in [0.15, 0.2) is 36.5 Å². The molecule has 0 aromatic rings. The van der Waals surface area contributed by atoms with Crippen molar-refractivity contribution in [3.05, 3.63) is 36.5 Å². The Morgan fingerprint density at radius 1 is 1.12 bits per heavy atom. The predicted octanol–water partition coefficient (Wildman–Crippen LogP) is 4.33. The minimum Gasteiger partial charge on any atom is -0.463 e. The van der Waals surface area contributed by atoms with Crippen molar-refractivity contribution in [3.63, 3.8) is 0 Å². The fourth-order valence-electron chi connectivity index (χ4n) is 3.54. The number of unbranched alkanes of at least 4 members (excludes halogenated alkanes) is 2. The standard InChI is InChI=1S/C22H36O4/c1-3-5-8-12-19(23)15-16-20-18(14-17-21(20)24)11-9-6-7-10-13-22(25)26-4-2/h6-7,9-11,13,18-21,23-24H,3-5,8,12,14-17H2,1-2H3. The maximum atomic E-state index is 11.2. The molecule has 4 unspecified atom stereocenters. The number of carbonyl (C=O) groups is 1. The molecular weight excluding hydrogens is 328 g/mol. The van der Waals surface area contributed by atoms with E-state index in [4.69, 9.17) is 4.74 Å². The first kappa shape index (κ1) is 22.7. The van der Waals surface area contributed by atoms with Gasteiger partial charge in [-0.05, 0) is 50.9 Å². The van der Waals surface area contributed by atoms with Crippen molar-refractivity contribution in [1.82, 2.24) is 0 Å². The molecule has 0 aromatic heterocycles. The van der Waals surface area contributed by atoms with Gasteiger partial charge in [0.1, 0.15) is 0 Å². The highest BCUT2D eigenvalue weighted by Gasteiger charge is 2.33. The van der Waals surface area contributed by atoms with E-state index in [2.05, 4.69) is 13.0 Å². The smallest absolute Gasteiger partial charge is 0.330 e. The molecule has 0 saturated heterocycles. The first-order valence-electron chi connectivity index (χ1n) is 10.1. The monoisotopic (exact) mass is 364 g/mol. The zero-order valence-electron chi connectivity index (χ0n) is 16.3. The van der Waals surface area contributed by atoms with Gasteiger partial charge in [0, 0.05) is 6.08 Å². The fraction of sp³-hybridized carbons (Fsp3) is 0.682. The van der Waals surface area contributed by atoms with Gasteiger partial charge in [0.2, 0.25) is 0 Å². The number of hydrogen-bond donors (Lipinski definition) is 2. The molecule has 0 heterocycles. The lowest BCUT2D eigenvalue weighted by Gasteiger charge is -2.21. The van der Waals surface area contributed by atoms with Gasteiger partial charge >= 0.3 is 5.97 Å². The van der Waals surface area contributed by atoms with Gasteiger partial charge in [-0.1, -0.05) is 56.6 Å². The van der Waals surface area contributed by atoms with Crippen LogP contribution in [0.5, 0.6) is 0 Å². The van der Waals surface area contributed by atoms with E-state index in [-0.39, 0.29) is 24.1 Å². The summed E-state index contributed by atoms with van der Waals surface area (Å²) in [5.74, 6) is 0.250. The van der Waals surface area contributed by atoms with Gasteiger partial charge in [-0.2, -0.15) is 0 Å². The Morgan fingerprint density at radius 3 is 2.62 bits per heavy atom. The Kier molecular flexibility index (Phi) is 12.0. The lowest BCUT2D eigenvalue weighted by molar-refractivity contribution is -0.137. The largest absolute Gasteiger partial charge is 0.463 e. The van der Waals surface area contributed by atoms with Gasteiger partial charge < -0.3 is 14.9 Å². The SMILES string of the molecule is CCCCCC(O)CCC1C(O)CCC1C=CC=CC=CC(=O)OCC. The Hall–Kier alpha value is -1.39. The molecule has 2 N–H and O–H groups in total. The molecule has 26 heavy (non-hydrogen) atoms. The van der Waals surface area contributed by atoms with Crippen molar-refractivity contribution in [1.29, 1.82) is 0 Å². The van der Waals surface area contributed by atoms with Gasteiger partial charge in [0.15, 0.2) is 0 Å². The Balaban J connectivity index is 2.38. The molecule has 4 nitrogen and oxygen atoms in total. The van der Waals surface area contributed by atoms with E-state index in [0.717, 1.165) is 38.5 Å². The minimum absolute atomic E-state index is 0.232. The molecule has 0 amide bonds. The summed E-state index contributed by atoms with van der Waals surface area (Å²) in [5, 5.41) is 20.4. The Labute approximate surface area is 158 Å². The van der Waals surface area contributed by atoms with E-state index in [1.165, 1.54) is 18.9 Å². The molecule has 1 saturated carbocycles. The summed E-state index contributed by atoms with van der Waals surface area (Å²) in [6.07, 6.45) is 18.1. The molecule has 1 rings (SSSR count). The van der Waals surface area contributed by atoms with Gasteiger partial charge in [-0.15, -0.1) is 0 Å². The molecule has 0 aliphatic heterocycles. The van der Waals surface area contributed by atoms with Crippen molar-refractivity contribution in [3.8, 4) is 0 Å². The third kappa shape index (κ3) is 9.35. The van der Waals surface area contributed by atoms with Crippen molar-refractivity contribution < 1.29 is 19.7 Å². The van der Waals surface area contributed by atoms with E-state index in [9.17, 15) is 15.0 Å². The molecule has 0 bridgehead atoms. The zero-order chi connectivity index (χ0) is 19.2. The maximum Gasteiger partial charge on any atom is 0.330 e. The summed E-state index contributed by atoms with van der Waals surface area (Å²) in [7, 11) is 0. The van der Waals surface area contributed by atoms with Crippen LogP contribution in [-0.4, -0.2) is 35.0 Å². The van der Waals surface area contributed by atoms with Crippen LogP contribution in [0.1, 0.15) is 65.2 Å². The van der Waals surface area contributed by atoms with Crippen molar-refractivity contribution in [2.75, 3.05) is 6.61 Å². The molecule has 4 heteroatoms. The Morgan fingerprint density at radius 2 is 1.88 bits per heavy atom. The number of aliphatic hydroxyl groups excluding tert-OH is 2. The van der Waals surface area contributed by atoms with Crippen LogP contribution in [0.4, 0.5) is 0 Å². The van der Waals surface area contributed by atoms with Crippen LogP contribution < -0.4 is 0 Å². The second-order valence-corrected chi connectivity index (χ2v) is 7.08. The number of aliphatic hydroxyl groups is 2. The third-order valence-electron chi connectivity index (χ3n) is 5.02. The van der Waals surface area contributed by atoms with Crippen LogP contribution in [0.2, 0.25) is 0 Å². The average Bonchev–Trinajstić information content (AvgIpc) is 2.96. The number of rotatable bonds is 12. The third-order valence-corrected chi connectivity index (χ3v) is 5.02. The fourth-order valence-corrected chi connectivity index (χ4v) is 3.54. The number of esters is 1. The molecule has 1 aliphatic carbocycles. The summed E-state index contributed by atoms with van der Waals surface area (Å²) < 4.78 is 4.81. The van der Waals surface area contributed by atoms with E-state index < -0.39 is 0 Å². The molecular formula is C22H36O4. The number of ether oxygens (including phenoxy) is 1. The predicted molar refractivity (Wildman–Crippen MR) is 106 cm³/mol. The molecule has 1 aliphatic rings. The highest BCUT2D eigenvalue weighted by Crippen LogP contribution is 2.36.